The largest absolute Gasteiger partial charge is 0.479 e. The van der Waals surface area contributed by atoms with Gasteiger partial charge in [0.15, 0.2) is 24.4 Å². The topological polar surface area (TPSA) is 269 Å². The number of rotatable bonds is 24. The molecule has 0 radical (unpaired) electrons. The molecule has 20 heteroatoms. The number of piperidine rings is 1. The molecule has 2 saturated heterocycles. The molecule has 5 rings (SSSR count). The van der Waals surface area contributed by atoms with Gasteiger partial charge < -0.3 is 49.6 Å². The Morgan fingerprint density at radius 3 is 2.45 bits per heavy atom. The van der Waals surface area contributed by atoms with E-state index in [0.717, 1.165) is 55.2 Å². The van der Waals surface area contributed by atoms with Crippen molar-refractivity contribution in [1.82, 2.24) is 20.1 Å². The van der Waals surface area contributed by atoms with E-state index >= 15 is 0 Å². The van der Waals surface area contributed by atoms with Gasteiger partial charge in [-0.3, -0.25) is 24.3 Å². The number of likely N-dealkylation sites (tertiary alicyclic amines) is 1. The van der Waals surface area contributed by atoms with Crippen LogP contribution in [0.5, 0.6) is 11.5 Å². The van der Waals surface area contributed by atoms with Crippen LogP contribution in [0.2, 0.25) is 0 Å². The number of aromatic nitrogens is 1. The fourth-order valence-corrected chi connectivity index (χ4v) is 8.13. The number of aliphatic hydroxyl groups excluding tert-OH is 3. The van der Waals surface area contributed by atoms with E-state index in [1.807, 2.05) is 12.1 Å². The van der Waals surface area contributed by atoms with Crippen molar-refractivity contribution in [3.63, 3.8) is 0 Å². The molecule has 0 spiro atoms. The number of likely N-dealkylation sites (N-methyl/N-ethyl adjacent to an activating group) is 1. The molecule has 0 saturated carbocycles. The van der Waals surface area contributed by atoms with E-state index in [-0.39, 0.29) is 60.7 Å². The Labute approximate surface area is 389 Å². The first-order valence-electron chi connectivity index (χ1n) is 22.1. The number of carbonyl (C=O) groups excluding carboxylic acids is 4. The summed E-state index contributed by atoms with van der Waals surface area (Å²) in [5.74, 6) is -1.65. The van der Waals surface area contributed by atoms with E-state index < -0.39 is 65.1 Å². The number of carboxylic acids is 1. The van der Waals surface area contributed by atoms with Crippen LogP contribution in [0.15, 0.2) is 73.1 Å². The molecule has 2 fully saturated rings. The van der Waals surface area contributed by atoms with Crippen LogP contribution in [0.3, 0.4) is 0 Å². The molecule has 67 heavy (non-hydrogen) atoms. The first kappa shape index (κ1) is 52.2. The third-order valence-corrected chi connectivity index (χ3v) is 12.3. The second-order valence-corrected chi connectivity index (χ2v) is 19.0. The zero-order chi connectivity index (χ0) is 48.5. The van der Waals surface area contributed by atoms with E-state index in [4.69, 9.17) is 18.9 Å². The summed E-state index contributed by atoms with van der Waals surface area (Å²) in [6, 6.07) is 14.5. The van der Waals surface area contributed by atoms with Crippen LogP contribution < -0.4 is 14.8 Å². The molecular formula is C47H60N4O15S. The van der Waals surface area contributed by atoms with Gasteiger partial charge in [0.1, 0.15) is 46.3 Å². The summed E-state index contributed by atoms with van der Waals surface area (Å²) >= 11 is 0. The van der Waals surface area contributed by atoms with E-state index in [9.17, 15) is 52.8 Å². The highest BCUT2D eigenvalue weighted by Crippen LogP contribution is 2.29. The molecule has 0 unspecified atom stereocenters. The van der Waals surface area contributed by atoms with Crippen molar-refractivity contribution in [2.24, 2.45) is 5.92 Å². The summed E-state index contributed by atoms with van der Waals surface area (Å²) in [6.45, 7) is 0.100. The minimum atomic E-state index is -3.53. The van der Waals surface area contributed by atoms with Crippen molar-refractivity contribution >= 4 is 45.4 Å². The lowest BCUT2D eigenvalue weighted by Gasteiger charge is -2.38. The Bertz CT molecular complexity index is 2290. The number of nitrogens with zero attached hydrogens (tertiary/aromatic N) is 3. The van der Waals surface area contributed by atoms with Crippen molar-refractivity contribution in [3.8, 4) is 11.5 Å². The lowest BCUT2D eigenvalue weighted by Crippen LogP contribution is -2.61. The lowest BCUT2D eigenvalue weighted by molar-refractivity contribution is -0.271. The van der Waals surface area contributed by atoms with Crippen molar-refractivity contribution in [1.29, 1.82) is 0 Å². The average Bonchev–Trinajstić information content (AvgIpc) is 3.30. The number of sulfone groups is 1. The maximum absolute atomic E-state index is 13.5. The first-order valence-corrected chi connectivity index (χ1v) is 24.2. The van der Waals surface area contributed by atoms with Gasteiger partial charge >= 0.3 is 12.1 Å². The van der Waals surface area contributed by atoms with Crippen LogP contribution in [0, 0.1) is 5.92 Å². The number of Topliss-reactive ketones (excluding diaryl/α,β-unsaturated/α-hetero) is 1. The summed E-state index contributed by atoms with van der Waals surface area (Å²) in [5.41, 5.74) is 1.88. The number of aliphatic carboxylic acids is 1. The van der Waals surface area contributed by atoms with Crippen LogP contribution in [0.1, 0.15) is 72.0 Å². The SMILES string of the molecule is CNCC(=O)Cc1cc(COC(=O)N(CCS(C)(=O)=O)COc2cccc(C(=O)N3CCC(CCCCCC(=O)/C=C/c4cccnc4)CC3)c2)ccc1O[C@@H]1O[C@H](C(=O)O)[C@@H](O)[C@H](O)[C@H]1O. The Morgan fingerprint density at radius 1 is 0.970 bits per heavy atom. The Morgan fingerprint density at radius 2 is 1.75 bits per heavy atom. The zero-order valence-corrected chi connectivity index (χ0v) is 38.4. The quantitative estimate of drug-likeness (QED) is 0.0491. The molecule has 364 valence electrons. The van der Waals surface area contributed by atoms with Crippen molar-refractivity contribution < 1.29 is 71.8 Å². The van der Waals surface area contributed by atoms with Crippen LogP contribution >= 0.6 is 0 Å². The van der Waals surface area contributed by atoms with Gasteiger partial charge in [-0.1, -0.05) is 37.5 Å². The van der Waals surface area contributed by atoms with Crippen molar-refractivity contribution in [2.45, 2.75) is 88.7 Å². The zero-order valence-electron chi connectivity index (χ0n) is 37.6. The number of aliphatic hydroxyl groups is 3. The molecule has 2 aliphatic rings. The molecule has 0 bridgehead atoms. The summed E-state index contributed by atoms with van der Waals surface area (Å²) in [5, 5.41) is 43.0. The maximum Gasteiger partial charge on any atom is 0.412 e. The minimum Gasteiger partial charge on any atom is -0.479 e. The second kappa shape index (κ2) is 25.4. The normalized spacial score (nSPS) is 20.0. The highest BCUT2D eigenvalue weighted by Gasteiger charge is 2.48. The molecule has 3 heterocycles. The average molecular weight is 953 g/mol. The number of carboxylic acid groups (broad SMARTS) is 1. The van der Waals surface area contributed by atoms with Gasteiger partial charge in [-0.25, -0.2) is 18.0 Å². The number of ether oxygens (including phenoxy) is 4. The predicted molar refractivity (Wildman–Crippen MR) is 243 cm³/mol. The van der Waals surface area contributed by atoms with Crippen LogP contribution in [0.25, 0.3) is 6.08 Å². The molecule has 1 aromatic heterocycles. The van der Waals surface area contributed by atoms with Gasteiger partial charge in [-0.05, 0) is 91.9 Å². The highest BCUT2D eigenvalue weighted by molar-refractivity contribution is 7.90. The molecule has 2 aromatic carbocycles. The maximum atomic E-state index is 13.5. The van der Waals surface area contributed by atoms with Crippen LogP contribution in [-0.4, -0.2) is 156 Å². The summed E-state index contributed by atoms with van der Waals surface area (Å²) < 4.78 is 46.6. The van der Waals surface area contributed by atoms with Crippen LogP contribution in [-0.2, 0) is 46.7 Å². The number of allylic oxidation sites excluding steroid dienone is 1. The van der Waals surface area contributed by atoms with Gasteiger partial charge in [-0.15, -0.1) is 0 Å². The molecular weight excluding hydrogens is 893 g/mol. The number of unbranched alkanes of at least 4 members (excludes halogenated alkanes) is 2. The summed E-state index contributed by atoms with van der Waals surface area (Å²) in [6.07, 6.45) is 3.32. The summed E-state index contributed by atoms with van der Waals surface area (Å²) in [7, 11) is -1.96. The number of benzene rings is 2. The fraction of sp³-hybridized carbons (Fsp3) is 0.489. The molecule has 0 aliphatic carbocycles. The second-order valence-electron chi connectivity index (χ2n) is 16.7. The molecule has 3 aromatic rings. The van der Waals surface area contributed by atoms with Crippen LogP contribution in [0.4, 0.5) is 4.79 Å². The number of ketones is 2. The third kappa shape index (κ3) is 16.5. The van der Waals surface area contributed by atoms with Gasteiger partial charge in [0.2, 0.25) is 6.29 Å². The van der Waals surface area contributed by atoms with Crippen molar-refractivity contribution in [3.05, 3.63) is 95.3 Å². The van der Waals surface area contributed by atoms with Gasteiger partial charge in [0, 0.05) is 62.3 Å². The van der Waals surface area contributed by atoms with E-state index in [1.54, 1.807) is 60.8 Å². The van der Waals surface area contributed by atoms with Gasteiger partial charge in [-0.2, -0.15) is 0 Å². The number of nitrogens with one attached hydrogen (secondary N) is 1. The summed E-state index contributed by atoms with van der Waals surface area (Å²) in [4.78, 5) is 70.4. The van der Waals surface area contributed by atoms with Gasteiger partial charge in [0.05, 0.1) is 12.3 Å². The Kier molecular flexibility index (Phi) is 19.8. The number of hydrogen-bond donors (Lipinski definition) is 5. The van der Waals surface area contributed by atoms with E-state index in [1.165, 1.54) is 18.2 Å². The fourth-order valence-electron chi connectivity index (χ4n) is 7.58. The van der Waals surface area contributed by atoms with Crippen molar-refractivity contribution in [2.75, 3.05) is 52.0 Å². The third-order valence-electron chi connectivity index (χ3n) is 11.3. The minimum absolute atomic E-state index is 0.0238. The predicted octanol–water partition coefficient (Wildman–Crippen LogP) is 2.79. The Hall–Kier alpha value is -5.77. The molecule has 2 amide bonds. The smallest absolute Gasteiger partial charge is 0.412 e. The number of hydrogen-bond acceptors (Lipinski definition) is 16. The standard InChI is InChI=1S/C47H60N4O15S/c1-48-28-37(53)25-35-24-33(14-16-39(35)65-46-42(56)40(54)41(55)43(66-46)45(58)59)29-63-47(60)51(22-23-67(2,61)62)30-64-38-12-6-10-34(26-38)44(57)50-20-17-31(18-21-50)8-4-3-5-11-36(52)15-13-32-9-7-19-49-27-32/h6-7,9-10,12-16,19,24,26-27,31,40-43,46,48,54-56H,3-5,8,11,17-18,20-23,25,28-30H2,1-2H3,(H,58,59)/b15-13+/t40-,41-,42+,43-,46+/m0/s1. The molecule has 2 aliphatic heterocycles. The first-order chi connectivity index (χ1) is 32.0. The lowest BCUT2D eigenvalue weighted by atomic mass is 9.90. The van der Waals surface area contributed by atoms with E-state index in [2.05, 4.69) is 10.3 Å². The molecule has 19 nitrogen and oxygen atoms in total. The number of pyridine rings is 1. The number of carbonyl (C=O) groups is 5. The monoisotopic (exact) mass is 952 g/mol. The molecule has 5 N–H and O–H groups in total. The highest BCUT2D eigenvalue weighted by atomic mass is 32.2. The molecule has 5 atom stereocenters. The number of amides is 2. The van der Waals surface area contributed by atoms with E-state index in [0.29, 0.717) is 36.6 Å². The Balaban J connectivity index is 1.13. The van der Waals surface area contributed by atoms with Gasteiger partial charge in [0.25, 0.3) is 5.91 Å².